The molecule has 1 aromatic rings. The van der Waals surface area contributed by atoms with Gasteiger partial charge >= 0.3 is 0 Å². The molecular weight excluding hydrogens is 275 g/mol. The SMILES string of the molecule is CC(C)C(C)(C)c1ccc(OC(C)(C)P)c(C(C)(C)C)c1. The Morgan fingerprint density at radius 1 is 0.952 bits per heavy atom. The number of hydrogen-bond donors (Lipinski definition) is 0. The predicted octanol–water partition coefficient (Wildman–Crippen LogP) is 5.91. The van der Waals surface area contributed by atoms with Crippen molar-refractivity contribution in [2.45, 2.75) is 78.5 Å². The molecule has 0 amide bonds. The van der Waals surface area contributed by atoms with Crippen molar-refractivity contribution in [1.29, 1.82) is 0 Å². The molecule has 0 spiro atoms. The fraction of sp³-hybridized carbons (Fsp3) is 0.684. The van der Waals surface area contributed by atoms with E-state index in [1.165, 1.54) is 11.1 Å². The van der Waals surface area contributed by atoms with Gasteiger partial charge in [-0.25, -0.2) is 0 Å². The Balaban J connectivity index is 3.39. The minimum atomic E-state index is -0.255. The lowest BCUT2D eigenvalue weighted by molar-refractivity contribution is 0.201. The molecule has 0 bridgehead atoms. The fourth-order valence-corrected chi connectivity index (χ4v) is 2.35. The first-order valence-corrected chi connectivity index (χ1v) is 8.46. The van der Waals surface area contributed by atoms with E-state index in [-0.39, 0.29) is 16.2 Å². The van der Waals surface area contributed by atoms with Gasteiger partial charge in [-0.05, 0) is 47.8 Å². The molecule has 1 rings (SSSR count). The van der Waals surface area contributed by atoms with Crippen molar-refractivity contribution in [2.75, 3.05) is 0 Å². The molecule has 1 unspecified atom stereocenters. The Bertz CT molecular complexity index is 487. The zero-order chi connectivity index (χ0) is 16.6. The molecule has 0 aliphatic carbocycles. The molecule has 1 aromatic carbocycles. The Hall–Kier alpha value is -0.550. The van der Waals surface area contributed by atoms with Crippen LogP contribution in [-0.2, 0) is 10.8 Å². The van der Waals surface area contributed by atoms with E-state index < -0.39 is 0 Å². The zero-order valence-corrected chi connectivity index (χ0v) is 16.4. The van der Waals surface area contributed by atoms with Gasteiger partial charge in [0.15, 0.2) is 0 Å². The van der Waals surface area contributed by atoms with E-state index in [2.05, 4.69) is 89.8 Å². The molecule has 120 valence electrons. The van der Waals surface area contributed by atoms with Gasteiger partial charge in [0.25, 0.3) is 0 Å². The average molecular weight is 308 g/mol. The van der Waals surface area contributed by atoms with Crippen LogP contribution in [-0.4, -0.2) is 5.34 Å². The quantitative estimate of drug-likeness (QED) is 0.628. The first-order chi connectivity index (χ1) is 9.25. The summed E-state index contributed by atoms with van der Waals surface area (Å²) >= 11 is 0. The van der Waals surface area contributed by atoms with Gasteiger partial charge in [0.2, 0.25) is 0 Å². The highest BCUT2D eigenvalue weighted by Crippen LogP contribution is 2.39. The highest BCUT2D eigenvalue weighted by atomic mass is 31.0. The number of rotatable bonds is 4. The van der Waals surface area contributed by atoms with E-state index >= 15 is 0 Å². The van der Waals surface area contributed by atoms with Gasteiger partial charge in [-0.3, -0.25) is 0 Å². The van der Waals surface area contributed by atoms with Crippen LogP contribution in [0, 0.1) is 5.92 Å². The molecule has 1 nitrogen and oxygen atoms in total. The molecule has 0 fully saturated rings. The second-order valence-electron chi connectivity index (χ2n) is 8.54. The summed E-state index contributed by atoms with van der Waals surface area (Å²) in [5.74, 6) is 1.58. The average Bonchev–Trinajstić information content (AvgIpc) is 2.25. The molecule has 1 atom stereocenters. The van der Waals surface area contributed by atoms with Crippen molar-refractivity contribution >= 4 is 9.24 Å². The van der Waals surface area contributed by atoms with Gasteiger partial charge < -0.3 is 4.74 Å². The van der Waals surface area contributed by atoms with Crippen molar-refractivity contribution in [3.8, 4) is 5.75 Å². The molecule has 0 aromatic heterocycles. The Morgan fingerprint density at radius 2 is 1.48 bits per heavy atom. The Kier molecular flexibility index (Phi) is 5.21. The first-order valence-electron chi connectivity index (χ1n) is 7.88. The molecule has 2 heteroatoms. The summed E-state index contributed by atoms with van der Waals surface area (Å²) in [6, 6.07) is 6.71. The van der Waals surface area contributed by atoms with Crippen LogP contribution in [0.5, 0.6) is 5.75 Å². The molecule has 0 aliphatic rings. The summed E-state index contributed by atoms with van der Waals surface area (Å²) in [5, 5.41) is -0.255. The van der Waals surface area contributed by atoms with Gasteiger partial charge in [0, 0.05) is 0 Å². The number of benzene rings is 1. The lowest BCUT2D eigenvalue weighted by Crippen LogP contribution is -2.26. The minimum absolute atomic E-state index is 0.0638. The van der Waals surface area contributed by atoms with Gasteiger partial charge in [0.1, 0.15) is 11.1 Å². The van der Waals surface area contributed by atoms with Crippen LogP contribution < -0.4 is 4.74 Å². The maximum atomic E-state index is 6.15. The van der Waals surface area contributed by atoms with Gasteiger partial charge in [-0.15, -0.1) is 0 Å². The molecule has 0 N–H and O–H groups in total. The monoisotopic (exact) mass is 308 g/mol. The maximum Gasteiger partial charge on any atom is 0.124 e. The summed E-state index contributed by atoms with van der Waals surface area (Å²) in [7, 11) is 2.76. The van der Waals surface area contributed by atoms with E-state index in [4.69, 9.17) is 4.74 Å². The van der Waals surface area contributed by atoms with Crippen LogP contribution in [0.1, 0.15) is 73.4 Å². The summed E-state index contributed by atoms with van der Waals surface area (Å²) in [6.45, 7) is 20.1. The van der Waals surface area contributed by atoms with Crippen molar-refractivity contribution in [3.05, 3.63) is 29.3 Å². The van der Waals surface area contributed by atoms with Crippen LogP contribution in [0.4, 0.5) is 0 Å². The molecule has 0 saturated heterocycles. The Labute approximate surface area is 134 Å². The van der Waals surface area contributed by atoms with Crippen molar-refractivity contribution in [1.82, 2.24) is 0 Å². The van der Waals surface area contributed by atoms with E-state index in [1.54, 1.807) is 0 Å². The first kappa shape index (κ1) is 18.5. The number of hydrogen-bond acceptors (Lipinski definition) is 1. The lowest BCUT2D eigenvalue weighted by atomic mass is 9.73. The third-order valence-electron chi connectivity index (χ3n) is 4.35. The van der Waals surface area contributed by atoms with Crippen LogP contribution in [0.15, 0.2) is 18.2 Å². The topological polar surface area (TPSA) is 9.23 Å². The van der Waals surface area contributed by atoms with Crippen molar-refractivity contribution in [2.24, 2.45) is 5.92 Å². The Morgan fingerprint density at radius 3 is 1.86 bits per heavy atom. The summed E-state index contributed by atoms with van der Waals surface area (Å²) in [6.07, 6.45) is 0. The minimum Gasteiger partial charge on any atom is -0.484 e. The van der Waals surface area contributed by atoms with Crippen LogP contribution in [0.2, 0.25) is 0 Å². The van der Waals surface area contributed by atoms with Crippen LogP contribution in [0.25, 0.3) is 0 Å². The smallest absolute Gasteiger partial charge is 0.124 e. The zero-order valence-electron chi connectivity index (χ0n) is 15.3. The summed E-state index contributed by atoms with van der Waals surface area (Å²) in [5.41, 5.74) is 2.89. The molecule has 0 saturated carbocycles. The third-order valence-corrected chi connectivity index (χ3v) is 4.47. The van der Waals surface area contributed by atoms with Crippen molar-refractivity contribution in [3.63, 3.8) is 0 Å². The third kappa shape index (κ3) is 4.71. The fourth-order valence-electron chi connectivity index (χ4n) is 2.22. The molecular formula is C19H33OP. The number of ether oxygens (including phenoxy) is 1. The molecule has 0 aliphatic heterocycles. The summed E-state index contributed by atoms with van der Waals surface area (Å²) in [4.78, 5) is 0. The van der Waals surface area contributed by atoms with Crippen LogP contribution in [0.3, 0.4) is 0 Å². The standard InChI is InChI=1S/C19H33OP/c1-13(2)18(6,7)14-10-11-16(20-19(8,9)21)15(12-14)17(3,4)5/h10-13H,21H2,1-9H3. The van der Waals surface area contributed by atoms with Gasteiger partial charge in [-0.1, -0.05) is 69.8 Å². The van der Waals surface area contributed by atoms with E-state index in [0.29, 0.717) is 5.92 Å². The van der Waals surface area contributed by atoms with Gasteiger partial charge in [0.05, 0.1) is 0 Å². The highest BCUT2D eigenvalue weighted by Gasteiger charge is 2.29. The van der Waals surface area contributed by atoms with E-state index in [0.717, 1.165) is 5.75 Å². The molecule has 0 heterocycles. The van der Waals surface area contributed by atoms with E-state index in [9.17, 15) is 0 Å². The summed E-state index contributed by atoms with van der Waals surface area (Å²) < 4.78 is 6.15. The predicted molar refractivity (Wildman–Crippen MR) is 97.4 cm³/mol. The van der Waals surface area contributed by atoms with Gasteiger partial charge in [-0.2, -0.15) is 0 Å². The molecule has 0 radical (unpaired) electrons. The van der Waals surface area contributed by atoms with E-state index in [1.807, 2.05) is 0 Å². The normalized spacial score (nSPS) is 13.7. The van der Waals surface area contributed by atoms with Crippen LogP contribution >= 0.6 is 9.24 Å². The van der Waals surface area contributed by atoms with Crippen molar-refractivity contribution < 1.29 is 4.74 Å². The second kappa shape index (κ2) is 5.92. The lowest BCUT2D eigenvalue weighted by Gasteiger charge is -2.33. The highest BCUT2D eigenvalue weighted by molar-refractivity contribution is 7.18. The second-order valence-corrected chi connectivity index (χ2v) is 9.93. The maximum absolute atomic E-state index is 6.15. The largest absolute Gasteiger partial charge is 0.484 e. The molecule has 21 heavy (non-hydrogen) atoms.